The minimum atomic E-state index is -0.803. The molecule has 4 amide bonds. The van der Waals surface area contributed by atoms with E-state index in [9.17, 15) is 38.4 Å². The number of hydrogen-bond acceptors (Lipinski definition) is 21. The van der Waals surface area contributed by atoms with Crippen LogP contribution in [0, 0.1) is 16.7 Å². The quantitative estimate of drug-likeness (QED) is 0.0199. The van der Waals surface area contributed by atoms with E-state index < -0.39 is 40.3 Å². The maximum Gasteiger partial charge on any atom is 0.410 e. The second-order valence-electron chi connectivity index (χ2n) is 22.9. The summed E-state index contributed by atoms with van der Waals surface area (Å²) in [7, 11) is 0. The van der Waals surface area contributed by atoms with E-state index in [0.29, 0.717) is 96.8 Å². The number of aliphatic imine (C=N–C) groups is 2. The molecule has 4 heterocycles. The first-order valence-corrected chi connectivity index (χ1v) is 29.3. The molecule has 0 atom stereocenters. The van der Waals surface area contributed by atoms with Gasteiger partial charge in [-0.15, -0.1) is 16.5 Å². The molecule has 4 fully saturated rings. The van der Waals surface area contributed by atoms with Crippen molar-refractivity contribution in [3.8, 4) is 0 Å². The number of piperidine rings is 4. The van der Waals surface area contributed by atoms with Crippen LogP contribution in [-0.2, 0) is 52.3 Å². The third-order valence-corrected chi connectivity index (χ3v) is 11.9. The molecule has 0 aromatic rings. The average Bonchev–Trinajstić information content (AvgIpc) is 3.63. The van der Waals surface area contributed by atoms with Crippen molar-refractivity contribution >= 4 is 83.2 Å². The second-order valence-corrected chi connectivity index (χ2v) is 23.9. The van der Waals surface area contributed by atoms with Gasteiger partial charge in [-0.1, -0.05) is 47.7 Å². The minimum Gasteiger partial charge on any atom is -0.462 e. The summed E-state index contributed by atoms with van der Waals surface area (Å²) in [5.74, 6) is 8.17. The molecule has 4 rings (SSSR count). The van der Waals surface area contributed by atoms with Gasteiger partial charge in [-0.05, 0) is 167 Å². The van der Waals surface area contributed by atoms with E-state index in [0.717, 1.165) is 51.4 Å². The van der Waals surface area contributed by atoms with Crippen LogP contribution in [0.5, 0.6) is 0 Å². The molecular formula is C59H120Cl2N10O16. The molecule has 0 spiro atoms. The fourth-order valence-corrected chi connectivity index (χ4v) is 7.58. The van der Waals surface area contributed by atoms with Gasteiger partial charge in [0.05, 0.1) is 19.8 Å². The lowest BCUT2D eigenvalue weighted by Gasteiger charge is -2.33. The predicted molar refractivity (Wildman–Crippen MR) is 349 cm³/mol. The number of amides is 4. The van der Waals surface area contributed by atoms with Crippen LogP contribution < -0.4 is 17.1 Å². The SMILES string of the molecule is C.C.C.CC(C)(C)OC(=O)N1CCC(Cl)CC1.CC(C)(C)OC(=O)N1CCC(NN)CC1.CCOC(=O)C(Cl)=NCC1CCN(C(=O)OC(C)(C)C)CC1.CCOC(=O)C=NCC1CCN(C(=O)OC(C)(C)C)CC1.CCOC(=O)C=O.NN=O.[2H]CC.[HH].[HH]. The van der Waals surface area contributed by atoms with Gasteiger partial charge in [0, 0.05) is 86.4 Å². The van der Waals surface area contributed by atoms with Crippen LogP contribution in [0.2, 0.25) is 0 Å². The van der Waals surface area contributed by atoms with Crippen LogP contribution in [0.4, 0.5) is 19.2 Å². The first-order chi connectivity index (χ1) is 39.5. The summed E-state index contributed by atoms with van der Waals surface area (Å²) >= 11 is 11.7. The molecule has 4 aliphatic rings. The Morgan fingerprint density at radius 3 is 1.14 bits per heavy atom. The summed E-state index contributed by atoms with van der Waals surface area (Å²) in [5.41, 5.74) is 0.967. The minimum absolute atomic E-state index is 0. The van der Waals surface area contributed by atoms with Crippen LogP contribution in [0.3, 0.4) is 0 Å². The number of esters is 3. The summed E-state index contributed by atoms with van der Waals surface area (Å²) < 4.78 is 41.2. The fourth-order valence-electron chi connectivity index (χ4n) is 7.26. The van der Waals surface area contributed by atoms with Crippen molar-refractivity contribution in [3.05, 3.63) is 4.91 Å². The molecule has 0 saturated carbocycles. The Labute approximate surface area is 536 Å². The molecule has 5 N–H and O–H groups in total. The van der Waals surface area contributed by atoms with Gasteiger partial charge in [-0.25, -0.2) is 33.6 Å². The van der Waals surface area contributed by atoms with Crippen molar-refractivity contribution in [2.75, 3.05) is 85.3 Å². The van der Waals surface area contributed by atoms with Crippen molar-refractivity contribution in [1.82, 2.24) is 25.0 Å². The van der Waals surface area contributed by atoms with Gasteiger partial charge in [-0.2, -0.15) is 0 Å². The number of aldehydes is 1. The van der Waals surface area contributed by atoms with Crippen LogP contribution in [0.25, 0.3) is 0 Å². The molecular weight excluding hydrogens is 1180 g/mol. The highest BCUT2D eigenvalue weighted by Crippen LogP contribution is 2.23. The molecule has 4 aliphatic heterocycles. The molecule has 87 heavy (non-hydrogen) atoms. The number of nitrogens with two attached hydrogens (primary N) is 2. The average molecular weight is 1300 g/mol. The Morgan fingerprint density at radius 1 is 0.575 bits per heavy atom. The van der Waals surface area contributed by atoms with Gasteiger partial charge < -0.3 is 52.8 Å². The maximum atomic E-state index is 11.9. The second kappa shape index (κ2) is 50.3. The number of nitrogens with zero attached hydrogens (tertiary/aromatic N) is 7. The van der Waals surface area contributed by atoms with Crippen molar-refractivity contribution < 1.29 is 75.7 Å². The summed E-state index contributed by atoms with van der Waals surface area (Å²) in [6.07, 6.45) is 7.28. The van der Waals surface area contributed by atoms with Gasteiger partial charge in [0.15, 0.2) is 0 Å². The van der Waals surface area contributed by atoms with Crippen molar-refractivity contribution in [2.45, 2.75) is 225 Å². The number of alkyl halides is 1. The van der Waals surface area contributed by atoms with Crippen LogP contribution >= 0.6 is 23.2 Å². The molecule has 4 saturated heterocycles. The molecule has 0 aromatic carbocycles. The molecule has 0 unspecified atom stereocenters. The molecule has 0 bridgehead atoms. The Balaban J connectivity index is -0.000000154. The zero-order chi connectivity index (χ0) is 66.0. The van der Waals surface area contributed by atoms with E-state index >= 15 is 0 Å². The van der Waals surface area contributed by atoms with Crippen LogP contribution in [-0.4, -0.2) is 199 Å². The highest BCUT2D eigenvalue weighted by Gasteiger charge is 2.30. The van der Waals surface area contributed by atoms with Gasteiger partial charge in [-0.3, -0.25) is 31.9 Å². The van der Waals surface area contributed by atoms with Crippen LogP contribution in [0.1, 0.15) is 196 Å². The molecule has 26 nitrogen and oxygen atoms in total. The molecule has 516 valence electrons. The summed E-state index contributed by atoms with van der Waals surface area (Å²) in [6.45, 7) is 37.2. The molecule has 0 aromatic heterocycles. The van der Waals surface area contributed by atoms with Gasteiger partial charge in [0.2, 0.25) is 11.5 Å². The van der Waals surface area contributed by atoms with E-state index in [1.807, 2.05) is 83.1 Å². The Morgan fingerprint density at radius 2 is 0.862 bits per heavy atom. The number of rotatable bonds is 11. The fraction of sp³-hybridized carbons (Fsp3) is 0.831. The topological polar surface area (TPSA) is 332 Å². The molecule has 0 aliphatic carbocycles. The van der Waals surface area contributed by atoms with Crippen molar-refractivity contribution in [1.29, 1.82) is 0 Å². The van der Waals surface area contributed by atoms with E-state index in [2.05, 4.69) is 26.0 Å². The number of ether oxygens (including phenoxy) is 7. The number of carbonyl (C=O) groups excluding carboxylic acids is 8. The van der Waals surface area contributed by atoms with E-state index in [4.69, 9.17) is 63.7 Å². The maximum absolute atomic E-state index is 11.9. The molecule has 0 radical (unpaired) electrons. The van der Waals surface area contributed by atoms with E-state index in [-0.39, 0.29) is 79.6 Å². The zero-order valence-corrected chi connectivity index (χ0v) is 54.6. The largest absolute Gasteiger partial charge is 0.462 e. The molecule has 28 heteroatoms. The number of hydrogen-bond donors (Lipinski definition) is 3. The van der Waals surface area contributed by atoms with Crippen molar-refractivity contribution in [3.63, 3.8) is 0 Å². The van der Waals surface area contributed by atoms with Crippen LogP contribution in [0.15, 0.2) is 15.3 Å². The third kappa shape index (κ3) is 51.0. The highest BCUT2D eigenvalue weighted by molar-refractivity contribution is 6.82. The van der Waals surface area contributed by atoms with Gasteiger partial charge in [0.1, 0.15) is 28.6 Å². The summed E-state index contributed by atoms with van der Waals surface area (Å²) in [6, 6.07) is 0.323. The van der Waals surface area contributed by atoms with Gasteiger partial charge >= 0.3 is 42.3 Å². The summed E-state index contributed by atoms with van der Waals surface area (Å²) in [5, 5.41) is 1.85. The van der Waals surface area contributed by atoms with Gasteiger partial charge in [0.25, 0.3) is 0 Å². The number of hydrazine groups is 1. The number of nitroso groups, excluding NO2 is 1. The number of halogens is 2. The third-order valence-electron chi connectivity index (χ3n) is 11.2. The number of nitrogens with one attached hydrogen (secondary N) is 1. The summed E-state index contributed by atoms with van der Waals surface area (Å²) in [4.78, 5) is 112. The standard InChI is InChI=1S/C15H25ClN2O4.C15H26N2O4.C10H18ClNO2.C10H21N3O2.C4H6O3.C2H6.3CH4.H2N2O.2H2/c1-5-21-13(19)12(16)17-10-11-6-8-18(9-7-11)14(20)22-15(2,3)4;1-5-20-13(18)11-16-10-12-6-8-17(9-7-12)14(19)21-15(2,3)4;1-10(2,3)14-9(13)12-6-4-8(11)5-7-12;1-10(2,3)15-9(14)13-6-4-8(12-11)5-7-13;1-2-7-4(6)3-5;1-2;;;;1-2-3;;/h11H,5-10H2,1-4H3;11-12H,5-10H2,1-4H3;8H,4-7H2,1-3H3;8,12H,4-7,11H2,1-3H3;3H,2H2,1H3;1-2H3;3*1H4;(H2,1,3);2*1H/i;;;;;1D;;;;;;. The first kappa shape index (κ1) is 90.1. The lowest BCUT2D eigenvalue weighted by atomic mass is 9.97. The monoisotopic (exact) mass is 1300 g/mol. The van der Waals surface area contributed by atoms with E-state index in [1.165, 1.54) is 6.21 Å². The smallest absolute Gasteiger partial charge is 0.410 e. The van der Waals surface area contributed by atoms with E-state index in [1.54, 1.807) is 52.6 Å². The Hall–Kier alpha value is -5.60. The predicted octanol–water partition coefficient (Wildman–Crippen LogP) is 11.4. The Kier molecular flexibility index (Phi) is 52.1. The number of carbonyl (C=O) groups is 8. The Bertz CT molecular complexity index is 2000. The van der Waals surface area contributed by atoms with Crippen molar-refractivity contribution in [2.24, 2.45) is 38.8 Å². The highest BCUT2D eigenvalue weighted by atomic mass is 35.5. The first-order valence-electron chi connectivity index (χ1n) is 29.2. The number of likely N-dealkylation sites (tertiary alicyclic amines) is 4. The lowest BCUT2D eigenvalue weighted by Crippen LogP contribution is -2.48. The normalized spacial score (nSPS) is 15.9. The zero-order valence-electron chi connectivity index (χ0n) is 54.1. The lowest BCUT2D eigenvalue weighted by molar-refractivity contribution is -0.148.